The zero-order chi connectivity index (χ0) is 11.0. The van der Waals surface area contributed by atoms with Crippen LogP contribution in [0.25, 0.3) is 0 Å². The van der Waals surface area contributed by atoms with Gasteiger partial charge in [0.15, 0.2) is 0 Å². The lowest BCUT2D eigenvalue weighted by Crippen LogP contribution is -2.25. The lowest BCUT2D eigenvalue weighted by atomic mass is 10.3. The number of β-amino-alcohol motifs (C(OH)–C–C–N with tert-alkyl or cyclic N) is 1. The molecule has 1 aromatic carbocycles. The van der Waals surface area contributed by atoms with Gasteiger partial charge in [-0.1, -0.05) is 11.6 Å². The smallest absolute Gasteiger partial charge is 0.229 e. The molecule has 1 aliphatic heterocycles. The number of rotatable bonds is 1. The van der Waals surface area contributed by atoms with Crippen molar-refractivity contribution in [3.8, 4) is 0 Å². The Morgan fingerprint density at radius 3 is 2.80 bits per heavy atom. The summed E-state index contributed by atoms with van der Waals surface area (Å²) in [6.07, 6.45) is -0.362. The van der Waals surface area contributed by atoms with Gasteiger partial charge in [0, 0.05) is 9.26 Å². The van der Waals surface area contributed by atoms with Crippen molar-refractivity contribution in [3.63, 3.8) is 0 Å². The van der Waals surface area contributed by atoms with Crippen LogP contribution in [0.4, 0.5) is 5.69 Å². The molecule has 2 rings (SSSR count). The van der Waals surface area contributed by atoms with E-state index >= 15 is 0 Å². The monoisotopic (exact) mass is 337 g/mol. The predicted octanol–water partition coefficient (Wildman–Crippen LogP) is 2.04. The highest BCUT2D eigenvalue weighted by molar-refractivity contribution is 14.1. The fourth-order valence-corrected chi connectivity index (χ4v) is 2.10. The molecule has 1 unspecified atom stereocenters. The van der Waals surface area contributed by atoms with Gasteiger partial charge >= 0.3 is 0 Å². The van der Waals surface area contributed by atoms with Crippen LogP contribution in [0.15, 0.2) is 18.2 Å². The average Bonchev–Trinajstić information content (AvgIpc) is 2.50. The Morgan fingerprint density at radius 2 is 2.27 bits per heavy atom. The van der Waals surface area contributed by atoms with E-state index in [1.165, 1.54) is 0 Å². The Hall–Kier alpha value is -0.330. The van der Waals surface area contributed by atoms with E-state index in [9.17, 15) is 9.90 Å². The SMILES string of the molecule is O=C1CC(O)CN1c1ccc(I)c(Cl)c1. The van der Waals surface area contributed by atoms with Crippen LogP contribution in [-0.4, -0.2) is 23.7 Å². The van der Waals surface area contributed by atoms with E-state index in [1.807, 2.05) is 12.1 Å². The fourth-order valence-electron chi connectivity index (χ4n) is 1.59. The van der Waals surface area contributed by atoms with Gasteiger partial charge in [0.1, 0.15) is 0 Å². The molecule has 0 bridgehead atoms. The molecule has 1 fully saturated rings. The van der Waals surface area contributed by atoms with E-state index < -0.39 is 6.10 Å². The molecule has 0 radical (unpaired) electrons. The Labute approximate surface area is 106 Å². The van der Waals surface area contributed by atoms with Gasteiger partial charge < -0.3 is 10.0 Å². The summed E-state index contributed by atoms with van der Waals surface area (Å²) in [5, 5.41) is 9.99. The van der Waals surface area contributed by atoms with Gasteiger partial charge in [0.2, 0.25) is 5.91 Å². The predicted molar refractivity (Wildman–Crippen MR) is 67.1 cm³/mol. The van der Waals surface area contributed by atoms with Crippen molar-refractivity contribution in [2.75, 3.05) is 11.4 Å². The molecule has 1 aliphatic rings. The van der Waals surface area contributed by atoms with Crippen LogP contribution in [0.1, 0.15) is 6.42 Å². The second kappa shape index (κ2) is 4.27. The maximum atomic E-state index is 11.5. The molecule has 0 spiro atoms. The zero-order valence-electron chi connectivity index (χ0n) is 7.78. The normalized spacial score (nSPS) is 21.1. The third kappa shape index (κ3) is 2.26. The highest BCUT2D eigenvalue weighted by Gasteiger charge is 2.29. The molecular formula is C10H9ClINO2. The topological polar surface area (TPSA) is 40.5 Å². The average molecular weight is 338 g/mol. The number of halogens is 2. The van der Waals surface area contributed by atoms with Crippen LogP contribution in [-0.2, 0) is 4.79 Å². The van der Waals surface area contributed by atoms with Gasteiger partial charge in [-0.15, -0.1) is 0 Å². The number of carbonyl (C=O) groups is 1. The van der Waals surface area contributed by atoms with Crippen molar-refractivity contribution < 1.29 is 9.90 Å². The third-order valence-corrected chi connectivity index (χ3v) is 3.89. The molecule has 1 heterocycles. The number of hydrogen-bond acceptors (Lipinski definition) is 2. The van der Waals surface area contributed by atoms with Crippen molar-refractivity contribution >= 4 is 45.8 Å². The van der Waals surface area contributed by atoms with Crippen LogP contribution in [0.5, 0.6) is 0 Å². The van der Waals surface area contributed by atoms with Crippen LogP contribution in [0.2, 0.25) is 5.02 Å². The first-order valence-corrected chi connectivity index (χ1v) is 5.97. The largest absolute Gasteiger partial charge is 0.391 e. The Bertz CT molecular complexity index is 410. The third-order valence-electron chi connectivity index (χ3n) is 2.32. The van der Waals surface area contributed by atoms with Crippen molar-refractivity contribution in [2.45, 2.75) is 12.5 Å². The highest BCUT2D eigenvalue weighted by Crippen LogP contribution is 2.27. The maximum absolute atomic E-state index is 11.5. The number of benzene rings is 1. The van der Waals surface area contributed by atoms with E-state index in [4.69, 9.17) is 11.6 Å². The summed E-state index contributed by atoms with van der Waals surface area (Å²) in [6, 6.07) is 5.44. The second-order valence-electron chi connectivity index (χ2n) is 3.46. The van der Waals surface area contributed by atoms with Gasteiger partial charge in [-0.25, -0.2) is 0 Å². The molecule has 1 amide bonds. The van der Waals surface area contributed by atoms with Crippen molar-refractivity contribution in [3.05, 3.63) is 26.8 Å². The summed E-state index contributed by atoms with van der Waals surface area (Å²) in [4.78, 5) is 13.1. The van der Waals surface area contributed by atoms with Gasteiger partial charge in [-0.05, 0) is 40.8 Å². The molecule has 5 heteroatoms. The number of anilines is 1. The van der Waals surface area contributed by atoms with Gasteiger partial charge in [0.05, 0.1) is 24.1 Å². The minimum atomic E-state index is -0.560. The Balaban J connectivity index is 2.30. The first-order chi connectivity index (χ1) is 7.08. The summed E-state index contributed by atoms with van der Waals surface area (Å²) in [7, 11) is 0. The first-order valence-electron chi connectivity index (χ1n) is 4.51. The minimum absolute atomic E-state index is 0.0558. The number of nitrogens with zero attached hydrogens (tertiary/aromatic N) is 1. The molecule has 1 aromatic rings. The number of aliphatic hydroxyl groups is 1. The van der Waals surface area contributed by atoms with Crippen LogP contribution < -0.4 is 4.90 Å². The maximum Gasteiger partial charge on any atom is 0.229 e. The fraction of sp³-hybridized carbons (Fsp3) is 0.300. The summed E-state index contributed by atoms with van der Waals surface area (Å²) in [6.45, 7) is 0.357. The molecule has 15 heavy (non-hydrogen) atoms. The standard InChI is InChI=1S/C10H9ClINO2/c11-8-3-6(1-2-9(8)12)13-5-7(14)4-10(13)15/h1-3,7,14H,4-5H2. The molecule has 80 valence electrons. The quantitative estimate of drug-likeness (QED) is 0.797. The van der Waals surface area contributed by atoms with Crippen LogP contribution in [0, 0.1) is 3.57 Å². The molecular weight excluding hydrogens is 328 g/mol. The van der Waals surface area contributed by atoms with Crippen molar-refractivity contribution in [2.24, 2.45) is 0 Å². The molecule has 0 aliphatic carbocycles. The molecule has 3 nitrogen and oxygen atoms in total. The summed E-state index contributed by atoms with van der Waals surface area (Å²) in [5.74, 6) is -0.0558. The van der Waals surface area contributed by atoms with E-state index in [1.54, 1.807) is 11.0 Å². The number of carbonyl (C=O) groups excluding carboxylic acids is 1. The summed E-state index contributed by atoms with van der Waals surface area (Å²) < 4.78 is 0.949. The van der Waals surface area contributed by atoms with Crippen LogP contribution >= 0.6 is 34.2 Å². The van der Waals surface area contributed by atoms with Gasteiger partial charge in [-0.3, -0.25) is 4.79 Å². The minimum Gasteiger partial charge on any atom is -0.391 e. The lowest BCUT2D eigenvalue weighted by Gasteiger charge is -2.16. The molecule has 0 saturated carbocycles. The van der Waals surface area contributed by atoms with Crippen molar-refractivity contribution in [1.29, 1.82) is 0 Å². The number of hydrogen-bond donors (Lipinski definition) is 1. The van der Waals surface area contributed by atoms with E-state index in [2.05, 4.69) is 22.6 Å². The van der Waals surface area contributed by atoms with Gasteiger partial charge in [0.25, 0.3) is 0 Å². The zero-order valence-corrected chi connectivity index (χ0v) is 10.7. The molecule has 1 atom stereocenters. The molecule has 1 saturated heterocycles. The number of amides is 1. The first kappa shape index (κ1) is 11.2. The Morgan fingerprint density at radius 1 is 1.53 bits per heavy atom. The summed E-state index contributed by atoms with van der Waals surface area (Å²) in [5.41, 5.74) is 0.752. The summed E-state index contributed by atoms with van der Waals surface area (Å²) >= 11 is 8.10. The number of aliphatic hydroxyl groups excluding tert-OH is 1. The van der Waals surface area contributed by atoms with E-state index in [0.717, 1.165) is 9.26 Å². The molecule has 0 aromatic heterocycles. The van der Waals surface area contributed by atoms with E-state index in [0.29, 0.717) is 11.6 Å². The van der Waals surface area contributed by atoms with Gasteiger partial charge in [-0.2, -0.15) is 0 Å². The van der Waals surface area contributed by atoms with E-state index in [-0.39, 0.29) is 12.3 Å². The second-order valence-corrected chi connectivity index (χ2v) is 5.03. The highest BCUT2D eigenvalue weighted by atomic mass is 127. The Kier molecular flexibility index (Phi) is 3.18. The lowest BCUT2D eigenvalue weighted by molar-refractivity contribution is -0.117. The van der Waals surface area contributed by atoms with Crippen molar-refractivity contribution in [1.82, 2.24) is 0 Å². The van der Waals surface area contributed by atoms with Crippen LogP contribution in [0.3, 0.4) is 0 Å². The molecule has 1 N–H and O–H groups in total.